The fourth-order valence-corrected chi connectivity index (χ4v) is 1.79. The van der Waals surface area contributed by atoms with E-state index in [4.69, 9.17) is 9.47 Å². The maximum Gasteiger partial charge on any atom is 0.337 e. The third kappa shape index (κ3) is 2.33. The molecule has 0 unspecified atom stereocenters. The van der Waals surface area contributed by atoms with Crippen molar-refractivity contribution in [3.63, 3.8) is 0 Å². The van der Waals surface area contributed by atoms with E-state index in [1.807, 2.05) is 38.1 Å². The molecule has 0 bridgehead atoms. The minimum absolute atomic E-state index is 0.0604. The van der Waals surface area contributed by atoms with Crippen LogP contribution < -0.4 is 4.74 Å². The van der Waals surface area contributed by atoms with Gasteiger partial charge in [0.05, 0.1) is 5.52 Å². The molecule has 0 saturated carbocycles. The Morgan fingerprint density at radius 2 is 2.00 bits per heavy atom. The van der Waals surface area contributed by atoms with E-state index in [0.29, 0.717) is 5.75 Å². The first-order valence-electron chi connectivity index (χ1n) is 5.69. The monoisotopic (exact) mass is 245 g/mol. The standard InChI is InChI=1S/C14H15NO3/c1-9-10(2)15-12-7-5-4-6-11(12)14(9)18-13(16)8-17-3/h4-7H,8H2,1-3H3. The van der Waals surface area contributed by atoms with Gasteiger partial charge in [0.15, 0.2) is 0 Å². The fraction of sp³-hybridized carbons (Fsp3) is 0.286. The summed E-state index contributed by atoms with van der Waals surface area (Å²) in [5.74, 6) is 0.163. The molecule has 1 heterocycles. The van der Waals surface area contributed by atoms with E-state index in [0.717, 1.165) is 22.2 Å². The number of hydrogen-bond acceptors (Lipinski definition) is 4. The van der Waals surface area contributed by atoms with Crippen LogP contribution in [0, 0.1) is 13.8 Å². The second kappa shape index (κ2) is 5.14. The van der Waals surface area contributed by atoms with E-state index in [1.54, 1.807) is 0 Å². The molecule has 18 heavy (non-hydrogen) atoms. The molecule has 1 aromatic carbocycles. The number of methoxy groups -OCH3 is 1. The highest BCUT2D eigenvalue weighted by atomic mass is 16.6. The summed E-state index contributed by atoms with van der Waals surface area (Å²) < 4.78 is 10.1. The van der Waals surface area contributed by atoms with E-state index in [9.17, 15) is 4.79 Å². The Bertz CT molecular complexity index is 593. The second-order valence-corrected chi connectivity index (χ2v) is 4.08. The predicted molar refractivity (Wildman–Crippen MR) is 68.7 cm³/mol. The highest BCUT2D eigenvalue weighted by Gasteiger charge is 2.13. The Morgan fingerprint density at radius 1 is 1.28 bits per heavy atom. The summed E-state index contributed by atoms with van der Waals surface area (Å²) in [7, 11) is 1.46. The van der Waals surface area contributed by atoms with E-state index in [2.05, 4.69) is 4.98 Å². The third-order valence-corrected chi connectivity index (χ3v) is 2.80. The van der Waals surface area contributed by atoms with Gasteiger partial charge in [0, 0.05) is 23.8 Å². The van der Waals surface area contributed by atoms with Gasteiger partial charge in [-0.25, -0.2) is 4.79 Å². The number of pyridine rings is 1. The molecule has 0 spiro atoms. The van der Waals surface area contributed by atoms with Gasteiger partial charge in [-0.2, -0.15) is 0 Å². The lowest BCUT2D eigenvalue weighted by Gasteiger charge is -2.12. The molecule has 4 heteroatoms. The summed E-state index contributed by atoms with van der Waals surface area (Å²) in [5, 5.41) is 0.838. The molecule has 0 fully saturated rings. The van der Waals surface area contributed by atoms with Crippen LogP contribution in [0.4, 0.5) is 0 Å². The molecule has 2 aromatic rings. The summed E-state index contributed by atoms with van der Waals surface area (Å²) in [6.07, 6.45) is 0. The van der Waals surface area contributed by atoms with Crippen LogP contribution in [-0.2, 0) is 9.53 Å². The molecule has 0 amide bonds. The maximum absolute atomic E-state index is 11.6. The van der Waals surface area contributed by atoms with Crippen molar-refractivity contribution < 1.29 is 14.3 Å². The number of carbonyl (C=O) groups is 1. The van der Waals surface area contributed by atoms with E-state index in [-0.39, 0.29) is 6.61 Å². The van der Waals surface area contributed by atoms with Gasteiger partial charge < -0.3 is 9.47 Å². The zero-order valence-electron chi connectivity index (χ0n) is 10.7. The number of rotatable bonds is 3. The molecule has 1 aromatic heterocycles. The summed E-state index contributed by atoms with van der Waals surface area (Å²) >= 11 is 0. The van der Waals surface area contributed by atoms with Crippen LogP contribution in [0.5, 0.6) is 5.75 Å². The van der Waals surface area contributed by atoms with Crippen LogP contribution in [-0.4, -0.2) is 24.7 Å². The lowest BCUT2D eigenvalue weighted by atomic mass is 10.1. The van der Waals surface area contributed by atoms with E-state index in [1.165, 1.54) is 7.11 Å². The second-order valence-electron chi connectivity index (χ2n) is 4.08. The first kappa shape index (κ1) is 12.5. The Kier molecular flexibility index (Phi) is 3.58. The van der Waals surface area contributed by atoms with Crippen molar-refractivity contribution in [3.8, 4) is 5.75 Å². The van der Waals surface area contributed by atoms with E-state index >= 15 is 0 Å². The molecule has 0 aliphatic heterocycles. The molecule has 0 aliphatic rings. The van der Waals surface area contributed by atoms with Crippen molar-refractivity contribution in [3.05, 3.63) is 35.5 Å². The topological polar surface area (TPSA) is 48.4 Å². The zero-order valence-corrected chi connectivity index (χ0v) is 10.7. The van der Waals surface area contributed by atoms with Crippen LogP contribution in [0.25, 0.3) is 10.9 Å². The van der Waals surface area contributed by atoms with Crippen LogP contribution in [0.1, 0.15) is 11.3 Å². The average Bonchev–Trinajstić information content (AvgIpc) is 2.35. The van der Waals surface area contributed by atoms with E-state index < -0.39 is 5.97 Å². The number of hydrogen-bond donors (Lipinski definition) is 0. The van der Waals surface area contributed by atoms with Gasteiger partial charge in [-0.15, -0.1) is 0 Å². The Labute approximate surface area is 106 Å². The molecule has 0 atom stereocenters. The molecule has 0 aliphatic carbocycles. The minimum atomic E-state index is -0.406. The Balaban J connectivity index is 2.53. The lowest BCUT2D eigenvalue weighted by Crippen LogP contribution is -2.15. The number of benzene rings is 1. The molecule has 0 N–H and O–H groups in total. The molecule has 0 radical (unpaired) electrons. The van der Waals surface area contributed by atoms with Crippen molar-refractivity contribution in [2.45, 2.75) is 13.8 Å². The van der Waals surface area contributed by atoms with Crippen LogP contribution in [0.15, 0.2) is 24.3 Å². The van der Waals surface area contributed by atoms with Crippen LogP contribution in [0.2, 0.25) is 0 Å². The maximum atomic E-state index is 11.6. The number of esters is 1. The van der Waals surface area contributed by atoms with Gasteiger partial charge in [-0.3, -0.25) is 4.98 Å². The number of nitrogens with zero attached hydrogens (tertiary/aromatic N) is 1. The van der Waals surface area contributed by atoms with Crippen molar-refractivity contribution in [1.82, 2.24) is 4.98 Å². The van der Waals surface area contributed by atoms with Gasteiger partial charge in [-0.1, -0.05) is 12.1 Å². The van der Waals surface area contributed by atoms with Gasteiger partial charge in [0.25, 0.3) is 0 Å². The molecular formula is C14H15NO3. The Hall–Kier alpha value is -1.94. The summed E-state index contributed by atoms with van der Waals surface area (Å²) in [5.41, 5.74) is 2.55. The lowest BCUT2D eigenvalue weighted by molar-refractivity contribution is -0.138. The van der Waals surface area contributed by atoms with Crippen molar-refractivity contribution in [2.75, 3.05) is 13.7 Å². The van der Waals surface area contributed by atoms with Crippen LogP contribution in [0.3, 0.4) is 0 Å². The first-order valence-corrected chi connectivity index (χ1v) is 5.69. The average molecular weight is 245 g/mol. The minimum Gasteiger partial charge on any atom is -0.424 e. The number of ether oxygens (including phenoxy) is 2. The molecule has 2 rings (SSSR count). The highest BCUT2D eigenvalue weighted by Crippen LogP contribution is 2.29. The van der Waals surface area contributed by atoms with Crippen molar-refractivity contribution in [1.29, 1.82) is 0 Å². The van der Waals surface area contributed by atoms with Gasteiger partial charge in [-0.05, 0) is 26.0 Å². The van der Waals surface area contributed by atoms with Gasteiger partial charge in [0.1, 0.15) is 12.4 Å². The number of aromatic nitrogens is 1. The largest absolute Gasteiger partial charge is 0.424 e. The molecule has 0 saturated heterocycles. The normalized spacial score (nSPS) is 10.6. The number of para-hydroxylation sites is 1. The molecule has 4 nitrogen and oxygen atoms in total. The van der Waals surface area contributed by atoms with Crippen molar-refractivity contribution >= 4 is 16.9 Å². The highest BCUT2D eigenvalue weighted by molar-refractivity contribution is 5.89. The fourth-order valence-electron chi connectivity index (χ4n) is 1.79. The predicted octanol–water partition coefficient (Wildman–Crippen LogP) is 2.40. The Morgan fingerprint density at radius 3 is 2.72 bits per heavy atom. The SMILES string of the molecule is COCC(=O)Oc1c(C)c(C)nc2ccccc12. The summed E-state index contributed by atoms with van der Waals surface area (Å²) in [6, 6.07) is 7.59. The quantitative estimate of drug-likeness (QED) is 0.779. The van der Waals surface area contributed by atoms with Gasteiger partial charge in [0.2, 0.25) is 0 Å². The van der Waals surface area contributed by atoms with Gasteiger partial charge >= 0.3 is 5.97 Å². The molecule has 94 valence electrons. The summed E-state index contributed by atoms with van der Waals surface area (Å²) in [6.45, 7) is 3.73. The third-order valence-electron chi connectivity index (χ3n) is 2.80. The zero-order chi connectivity index (χ0) is 13.1. The van der Waals surface area contributed by atoms with Crippen LogP contribution >= 0.6 is 0 Å². The number of carbonyl (C=O) groups excluding carboxylic acids is 1. The molecular weight excluding hydrogens is 230 g/mol. The summed E-state index contributed by atoms with van der Waals surface area (Å²) in [4.78, 5) is 16.0. The van der Waals surface area contributed by atoms with Crippen molar-refractivity contribution in [2.24, 2.45) is 0 Å². The number of fused-ring (bicyclic) bond motifs is 1. The smallest absolute Gasteiger partial charge is 0.337 e. The number of aryl methyl sites for hydroxylation is 1. The first-order chi connectivity index (χ1) is 8.63.